The predicted molar refractivity (Wildman–Crippen MR) is 113 cm³/mol. The molecule has 0 aliphatic heterocycles. The standard InChI is InChI=1S/C22H19Cl2N3/c1-13(2)10-14-6-8-15(9-7-14)20-11-17(18(12-25)22(26)27-20)16-4-3-5-19(23)21(16)24/h3-9,11,13H,10H2,1-2H3,(H2,26,27). The van der Waals surface area contributed by atoms with Gasteiger partial charge < -0.3 is 5.73 Å². The van der Waals surface area contributed by atoms with E-state index >= 15 is 0 Å². The molecule has 0 fully saturated rings. The summed E-state index contributed by atoms with van der Waals surface area (Å²) in [4.78, 5) is 4.42. The zero-order valence-electron chi connectivity index (χ0n) is 15.1. The lowest BCUT2D eigenvalue weighted by atomic mass is 9.97. The van der Waals surface area contributed by atoms with Gasteiger partial charge in [-0.15, -0.1) is 0 Å². The summed E-state index contributed by atoms with van der Waals surface area (Å²) in [6.45, 7) is 4.38. The molecular weight excluding hydrogens is 377 g/mol. The SMILES string of the molecule is CC(C)Cc1ccc(-c2cc(-c3cccc(Cl)c3Cl)c(C#N)c(N)n2)cc1. The van der Waals surface area contributed by atoms with Crippen molar-refractivity contribution in [1.82, 2.24) is 4.98 Å². The molecule has 3 aromatic rings. The fourth-order valence-corrected chi connectivity index (χ4v) is 3.44. The minimum Gasteiger partial charge on any atom is -0.383 e. The molecular formula is C22H19Cl2N3. The molecule has 0 bridgehead atoms. The molecule has 27 heavy (non-hydrogen) atoms. The number of halogens is 2. The summed E-state index contributed by atoms with van der Waals surface area (Å²) in [6, 6.07) is 17.5. The van der Waals surface area contributed by atoms with Gasteiger partial charge >= 0.3 is 0 Å². The van der Waals surface area contributed by atoms with Crippen molar-refractivity contribution in [3.8, 4) is 28.5 Å². The van der Waals surface area contributed by atoms with Gasteiger partial charge in [0, 0.05) is 16.7 Å². The van der Waals surface area contributed by atoms with E-state index in [4.69, 9.17) is 28.9 Å². The molecule has 1 heterocycles. The Morgan fingerprint density at radius 1 is 1.07 bits per heavy atom. The predicted octanol–water partition coefficient (Wildman–Crippen LogP) is 6.37. The second kappa shape index (κ2) is 8.00. The van der Waals surface area contributed by atoms with E-state index in [0.717, 1.165) is 12.0 Å². The Morgan fingerprint density at radius 3 is 2.41 bits per heavy atom. The molecule has 0 aliphatic carbocycles. The van der Waals surface area contributed by atoms with Crippen molar-refractivity contribution in [3.63, 3.8) is 0 Å². The zero-order chi connectivity index (χ0) is 19.6. The van der Waals surface area contributed by atoms with E-state index in [-0.39, 0.29) is 5.82 Å². The number of nitrogen functional groups attached to an aromatic ring is 1. The van der Waals surface area contributed by atoms with E-state index in [0.29, 0.717) is 38.3 Å². The number of benzene rings is 2. The molecule has 0 saturated heterocycles. The highest BCUT2D eigenvalue weighted by Crippen LogP contribution is 2.38. The van der Waals surface area contributed by atoms with Crippen LogP contribution in [0.3, 0.4) is 0 Å². The van der Waals surface area contributed by atoms with E-state index < -0.39 is 0 Å². The van der Waals surface area contributed by atoms with Gasteiger partial charge in [0.05, 0.1) is 15.7 Å². The first-order valence-electron chi connectivity index (χ1n) is 8.65. The summed E-state index contributed by atoms with van der Waals surface area (Å²) >= 11 is 12.5. The average Bonchev–Trinajstić information content (AvgIpc) is 2.63. The minimum atomic E-state index is 0.173. The summed E-state index contributed by atoms with van der Waals surface area (Å²) in [7, 11) is 0. The first kappa shape index (κ1) is 19.2. The summed E-state index contributed by atoms with van der Waals surface area (Å²) in [5.41, 5.74) is 10.5. The maximum Gasteiger partial charge on any atom is 0.142 e. The van der Waals surface area contributed by atoms with Gasteiger partial charge in [0.2, 0.25) is 0 Å². The lowest BCUT2D eigenvalue weighted by molar-refractivity contribution is 0.647. The average molecular weight is 396 g/mol. The number of nitriles is 1. The molecule has 0 aliphatic rings. The molecule has 0 spiro atoms. The number of nitrogens with two attached hydrogens (primary N) is 1. The van der Waals surface area contributed by atoms with E-state index in [2.05, 4.69) is 37.0 Å². The molecule has 0 saturated carbocycles. The Labute approximate surface area is 169 Å². The Kier molecular flexibility index (Phi) is 5.70. The van der Waals surface area contributed by atoms with Gasteiger partial charge in [-0.1, -0.05) is 73.4 Å². The van der Waals surface area contributed by atoms with Crippen molar-refractivity contribution in [2.45, 2.75) is 20.3 Å². The number of pyridine rings is 1. The largest absolute Gasteiger partial charge is 0.383 e. The van der Waals surface area contributed by atoms with Crippen molar-refractivity contribution in [3.05, 3.63) is 69.7 Å². The van der Waals surface area contributed by atoms with Crippen LogP contribution in [0.4, 0.5) is 5.82 Å². The van der Waals surface area contributed by atoms with Gasteiger partial charge in [-0.3, -0.25) is 0 Å². The van der Waals surface area contributed by atoms with E-state index in [1.54, 1.807) is 12.1 Å². The van der Waals surface area contributed by atoms with Gasteiger partial charge in [-0.05, 0) is 30.0 Å². The van der Waals surface area contributed by atoms with Crippen LogP contribution in [0, 0.1) is 17.2 Å². The molecule has 1 aromatic heterocycles. The quantitative estimate of drug-likeness (QED) is 0.557. The van der Waals surface area contributed by atoms with Crippen LogP contribution in [0.2, 0.25) is 10.0 Å². The molecule has 3 rings (SSSR count). The van der Waals surface area contributed by atoms with Crippen molar-refractivity contribution < 1.29 is 0 Å². The Bertz CT molecular complexity index is 1020. The highest BCUT2D eigenvalue weighted by molar-refractivity contribution is 6.43. The highest BCUT2D eigenvalue weighted by Gasteiger charge is 2.16. The molecule has 0 unspecified atom stereocenters. The minimum absolute atomic E-state index is 0.173. The molecule has 0 atom stereocenters. The zero-order valence-corrected chi connectivity index (χ0v) is 16.6. The molecule has 2 aromatic carbocycles. The summed E-state index contributed by atoms with van der Waals surface area (Å²) in [5.74, 6) is 0.767. The molecule has 136 valence electrons. The van der Waals surface area contributed by atoms with Gasteiger partial charge in [0.1, 0.15) is 17.5 Å². The third-order valence-electron chi connectivity index (χ3n) is 4.29. The Morgan fingerprint density at radius 2 is 1.78 bits per heavy atom. The summed E-state index contributed by atoms with van der Waals surface area (Å²) < 4.78 is 0. The number of aromatic nitrogens is 1. The van der Waals surface area contributed by atoms with Crippen molar-refractivity contribution in [2.75, 3.05) is 5.73 Å². The fourth-order valence-electron chi connectivity index (χ4n) is 3.04. The monoisotopic (exact) mass is 395 g/mol. The van der Waals surface area contributed by atoms with Crippen molar-refractivity contribution in [1.29, 1.82) is 5.26 Å². The van der Waals surface area contributed by atoms with Gasteiger partial charge in [0.15, 0.2) is 0 Å². The molecule has 5 heteroatoms. The normalized spacial score (nSPS) is 10.8. The Hall–Kier alpha value is -2.54. The number of hydrogen-bond acceptors (Lipinski definition) is 3. The van der Waals surface area contributed by atoms with E-state index in [1.807, 2.05) is 24.3 Å². The van der Waals surface area contributed by atoms with E-state index in [9.17, 15) is 5.26 Å². The summed E-state index contributed by atoms with van der Waals surface area (Å²) in [5, 5.41) is 10.4. The van der Waals surface area contributed by atoms with Crippen LogP contribution in [0.25, 0.3) is 22.4 Å². The van der Waals surface area contributed by atoms with Gasteiger partial charge in [0.25, 0.3) is 0 Å². The fraction of sp³-hybridized carbons (Fsp3) is 0.182. The van der Waals surface area contributed by atoms with Crippen LogP contribution >= 0.6 is 23.2 Å². The maximum absolute atomic E-state index is 9.56. The van der Waals surface area contributed by atoms with E-state index in [1.165, 1.54) is 5.56 Å². The van der Waals surface area contributed by atoms with Crippen LogP contribution in [-0.2, 0) is 6.42 Å². The molecule has 2 N–H and O–H groups in total. The molecule has 0 amide bonds. The first-order chi connectivity index (χ1) is 12.9. The van der Waals surface area contributed by atoms with Crippen LogP contribution in [0.15, 0.2) is 48.5 Å². The molecule has 3 nitrogen and oxygen atoms in total. The lowest BCUT2D eigenvalue weighted by Gasteiger charge is -2.12. The van der Waals surface area contributed by atoms with Crippen molar-refractivity contribution in [2.24, 2.45) is 5.92 Å². The van der Waals surface area contributed by atoms with Gasteiger partial charge in [-0.2, -0.15) is 5.26 Å². The summed E-state index contributed by atoms with van der Waals surface area (Å²) in [6.07, 6.45) is 1.02. The Balaban J connectivity index is 2.13. The van der Waals surface area contributed by atoms with Crippen LogP contribution in [0.1, 0.15) is 25.0 Å². The third-order valence-corrected chi connectivity index (χ3v) is 5.11. The maximum atomic E-state index is 9.56. The number of rotatable bonds is 4. The van der Waals surface area contributed by atoms with Crippen LogP contribution < -0.4 is 5.73 Å². The first-order valence-corrected chi connectivity index (χ1v) is 9.40. The topological polar surface area (TPSA) is 62.7 Å². The highest BCUT2D eigenvalue weighted by atomic mass is 35.5. The second-order valence-electron chi connectivity index (χ2n) is 6.82. The number of nitrogens with zero attached hydrogens (tertiary/aromatic N) is 2. The van der Waals surface area contributed by atoms with Crippen LogP contribution in [-0.4, -0.2) is 4.98 Å². The second-order valence-corrected chi connectivity index (χ2v) is 7.61. The van der Waals surface area contributed by atoms with Crippen LogP contribution in [0.5, 0.6) is 0 Å². The number of anilines is 1. The number of hydrogen-bond donors (Lipinski definition) is 1. The smallest absolute Gasteiger partial charge is 0.142 e. The molecule has 0 radical (unpaired) electrons. The third kappa shape index (κ3) is 4.08. The lowest BCUT2D eigenvalue weighted by Crippen LogP contribution is -2.00. The van der Waals surface area contributed by atoms with Gasteiger partial charge in [-0.25, -0.2) is 4.98 Å². The van der Waals surface area contributed by atoms with Crippen molar-refractivity contribution >= 4 is 29.0 Å².